The molecule has 0 unspecified atom stereocenters. The number of aromatic nitrogens is 3. The smallest absolute Gasteiger partial charge is 0.191 e. The van der Waals surface area contributed by atoms with E-state index in [0.29, 0.717) is 28.8 Å². The Morgan fingerprint density at radius 1 is 1.35 bits per heavy atom. The second kappa shape index (κ2) is 8.31. The van der Waals surface area contributed by atoms with Gasteiger partial charge < -0.3 is 4.57 Å². The van der Waals surface area contributed by atoms with Crippen LogP contribution in [0.15, 0.2) is 42.1 Å². The third-order valence-corrected chi connectivity index (χ3v) is 4.41. The maximum atomic E-state index is 12.2. The second-order valence-electron chi connectivity index (χ2n) is 5.61. The number of Topliss-reactive ketones (excluding diaryl/α,β-unsaturated/α-hetero) is 1. The number of carbonyl (C=O) groups is 1. The number of thioether (sulfide) groups is 1. The van der Waals surface area contributed by atoms with Crippen LogP contribution in [0.5, 0.6) is 0 Å². The van der Waals surface area contributed by atoms with Gasteiger partial charge in [-0.2, -0.15) is 0 Å². The monoisotopic (exact) mass is 349 g/mol. The Balaban J connectivity index is 2.07. The predicted molar refractivity (Wildman–Crippen MR) is 95.3 cm³/mol. The van der Waals surface area contributed by atoms with Crippen LogP contribution in [0.4, 0.5) is 0 Å². The minimum atomic E-state index is 0.0465. The molecule has 0 radical (unpaired) electrons. The second-order valence-corrected chi connectivity index (χ2v) is 6.99. The molecule has 1 heterocycles. The van der Waals surface area contributed by atoms with Gasteiger partial charge >= 0.3 is 0 Å². The molecule has 2 rings (SSSR count). The SMILES string of the molecule is C=CCn1c(CC(C)C)nnc1SCC(=O)c1ccc(Cl)cc1. The van der Waals surface area contributed by atoms with E-state index >= 15 is 0 Å². The summed E-state index contributed by atoms with van der Waals surface area (Å²) in [6, 6.07) is 6.93. The Bertz CT molecular complexity index is 680. The third kappa shape index (κ3) is 4.94. The Labute approximate surface area is 145 Å². The van der Waals surface area contributed by atoms with Crippen LogP contribution in [0.2, 0.25) is 5.02 Å². The summed E-state index contributed by atoms with van der Waals surface area (Å²) >= 11 is 7.24. The first kappa shape index (κ1) is 17.8. The number of nitrogens with zero attached hydrogens (tertiary/aromatic N) is 3. The van der Waals surface area contributed by atoms with Crippen molar-refractivity contribution in [3.63, 3.8) is 0 Å². The number of carbonyl (C=O) groups excluding carboxylic acids is 1. The molecule has 23 heavy (non-hydrogen) atoms. The van der Waals surface area contributed by atoms with Gasteiger partial charge in [-0.25, -0.2) is 0 Å². The topological polar surface area (TPSA) is 47.8 Å². The maximum absolute atomic E-state index is 12.2. The number of allylic oxidation sites excluding steroid dienone is 1. The first-order valence-corrected chi connectivity index (χ1v) is 8.82. The normalized spacial score (nSPS) is 11.0. The Morgan fingerprint density at radius 2 is 2.04 bits per heavy atom. The zero-order chi connectivity index (χ0) is 16.8. The molecule has 0 fully saturated rings. The number of hydrogen-bond donors (Lipinski definition) is 0. The van der Waals surface area contributed by atoms with Crippen molar-refractivity contribution >= 4 is 29.1 Å². The van der Waals surface area contributed by atoms with Crippen LogP contribution in [0, 0.1) is 5.92 Å². The van der Waals surface area contributed by atoms with Crippen LogP contribution >= 0.6 is 23.4 Å². The van der Waals surface area contributed by atoms with Crippen LogP contribution in [0.1, 0.15) is 30.0 Å². The minimum absolute atomic E-state index is 0.0465. The van der Waals surface area contributed by atoms with Crippen molar-refractivity contribution in [1.82, 2.24) is 14.8 Å². The minimum Gasteiger partial charge on any atom is -0.302 e. The molecule has 1 aromatic carbocycles. The van der Waals surface area contributed by atoms with Gasteiger partial charge in [0.2, 0.25) is 0 Å². The summed E-state index contributed by atoms with van der Waals surface area (Å²) in [5, 5.41) is 9.85. The van der Waals surface area contributed by atoms with Gasteiger partial charge in [0, 0.05) is 23.6 Å². The van der Waals surface area contributed by atoms with Crippen molar-refractivity contribution in [1.29, 1.82) is 0 Å². The number of halogens is 1. The van der Waals surface area contributed by atoms with E-state index in [4.69, 9.17) is 11.6 Å². The van der Waals surface area contributed by atoms with Crippen molar-refractivity contribution in [2.75, 3.05) is 5.75 Å². The Morgan fingerprint density at radius 3 is 2.65 bits per heavy atom. The van der Waals surface area contributed by atoms with Crippen molar-refractivity contribution in [2.45, 2.75) is 32.0 Å². The van der Waals surface area contributed by atoms with E-state index in [1.807, 2.05) is 10.6 Å². The lowest BCUT2D eigenvalue weighted by molar-refractivity contribution is 0.102. The van der Waals surface area contributed by atoms with Crippen LogP contribution in [-0.4, -0.2) is 26.3 Å². The molecule has 0 saturated carbocycles. The fourth-order valence-corrected chi connectivity index (χ4v) is 3.09. The summed E-state index contributed by atoms with van der Waals surface area (Å²) in [5.41, 5.74) is 0.652. The lowest BCUT2D eigenvalue weighted by Crippen LogP contribution is -2.08. The standard InChI is InChI=1S/C17H20ClN3OS/c1-4-9-21-16(10-12(2)3)19-20-17(21)23-11-15(22)13-5-7-14(18)8-6-13/h4-8,12H,1,9-11H2,2-3H3. The van der Waals surface area contributed by atoms with Gasteiger partial charge in [0.25, 0.3) is 0 Å². The molecule has 0 atom stereocenters. The van der Waals surface area contributed by atoms with Gasteiger partial charge in [0.1, 0.15) is 5.82 Å². The third-order valence-electron chi connectivity index (χ3n) is 3.19. The quantitative estimate of drug-likeness (QED) is 0.405. The Hall–Kier alpha value is -1.59. The summed E-state index contributed by atoms with van der Waals surface area (Å²) in [6.07, 6.45) is 2.67. The average Bonchev–Trinajstić information content (AvgIpc) is 2.87. The van der Waals surface area contributed by atoms with Crippen LogP contribution in [0.3, 0.4) is 0 Å². The van der Waals surface area contributed by atoms with Gasteiger partial charge in [0.15, 0.2) is 10.9 Å². The summed E-state index contributed by atoms with van der Waals surface area (Å²) in [7, 11) is 0. The molecular formula is C17H20ClN3OS. The highest BCUT2D eigenvalue weighted by Gasteiger charge is 2.15. The summed E-state index contributed by atoms with van der Waals surface area (Å²) < 4.78 is 2.02. The van der Waals surface area contributed by atoms with E-state index in [-0.39, 0.29) is 5.78 Å². The zero-order valence-corrected chi connectivity index (χ0v) is 14.9. The number of hydrogen-bond acceptors (Lipinski definition) is 4. The molecule has 0 spiro atoms. The Kier molecular flexibility index (Phi) is 6.42. The maximum Gasteiger partial charge on any atom is 0.191 e. The molecule has 0 saturated heterocycles. The van der Waals surface area contributed by atoms with Crippen LogP contribution in [0.25, 0.3) is 0 Å². The molecule has 2 aromatic rings. The van der Waals surface area contributed by atoms with E-state index in [9.17, 15) is 4.79 Å². The highest BCUT2D eigenvalue weighted by molar-refractivity contribution is 7.99. The molecule has 1 aromatic heterocycles. The first-order chi connectivity index (χ1) is 11.0. The van der Waals surface area contributed by atoms with Gasteiger partial charge in [-0.3, -0.25) is 4.79 Å². The highest BCUT2D eigenvalue weighted by Crippen LogP contribution is 2.20. The molecule has 6 heteroatoms. The van der Waals surface area contributed by atoms with Crippen molar-refractivity contribution in [3.05, 3.63) is 53.3 Å². The highest BCUT2D eigenvalue weighted by atomic mass is 35.5. The summed E-state index contributed by atoms with van der Waals surface area (Å²) in [4.78, 5) is 12.2. The van der Waals surface area contributed by atoms with Crippen molar-refractivity contribution < 1.29 is 4.79 Å². The first-order valence-electron chi connectivity index (χ1n) is 7.45. The molecule has 0 aliphatic heterocycles. The van der Waals surface area contributed by atoms with Crippen molar-refractivity contribution in [2.24, 2.45) is 5.92 Å². The van der Waals surface area contributed by atoms with Gasteiger partial charge in [-0.05, 0) is 30.2 Å². The summed E-state index contributed by atoms with van der Waals surface area (Å²) in [6.45, 7) is 8.71. The zero-order valence-electron chi connectivity index (χ0n) is 13.3. The molecule has 122 valence electrons. The number of benzene rings is 1. The number of rotatable bonds is 8. The lowest BCUT2D eigenvalue weighted by Gasteiger charge is -2.09. The largest absolute Gasteiger partial charge is 0.302 e. The van der Waals surface area contributed by atoms with Gasteiger partial charge in [0.05, 0.1) is 5.75 Å². The van der Waals surface area contributed by atoms with Gasteiger partial charge in [-0.1, -0.05) is 43.3 Å². The van der Waals surface area contributed by atoms with Crippen molar-refractivity contribution in [3.8, 4) is 0 Å². The van der Waals surface area contributed by atoms with E-state index < -0.39 is 0 Å². The molecule has 0 aliphatic carbocycles. The molecular weight excluding hydrogens is 330 g/mol. The molecule has 0 amide bonds. The fraction of sp³-hybridized carbons (Fsp3) is 0.353. The molecule has 0 aliphatic rings. The van der Waals surface area contributed by atoms with E-state index in [0.717, 1.165) is 17.4 Å². The molecule has 0 bridgehead atoms. The van der Waals surface area contributed by atoms with Crippen LogP contribution < -0.4 is 0 Å². The van der Waals surface area contributed by atoms with E-state index in [1.54, 1.807) is 24.3 Å². The van der Waals surface area contributed by atoms with E-state index in [1.165, 1.54) is 11.8 Å². The predicted octanol–water partition coefficient (Wildman–Crippen LogP) is 4.29. The van der Waals surface area contributed by atoms with Crippen LogP contribution in [-0.2, 0) is 13.0 Å². The summed E-state index contributed by atoms with van der Waals surface area (Å²) in [5.74, 6) is 1.79. The molecule has 4 nitrogen and oxygen atoms in total. The average molecular weight is 350 g/mol. The number of ketones is 1. The van der Waals surface area contributed by atoms with E-state index in [2.05, 4.69) is 30.6 Å². The fourth-order valence-electron chi connectivity index (χ4n) is 2.10. The lowest BCUT2D eigenvalue weighted by atomic mass is 10.1. The molecule has 0 N–H and O–H groups in total. The van der Waals surface area contributed by atoms with Gasteiger partial charge in [-0.15, -0.1) is 16.8 Å².